The maximum absolute atomic E-state index is 13.1. The highest BCUT2D eigenvalue weighted by atomic mass is 16.6. The predicted octanol–water partition coefficient (Wildman–Crippen LogP) is 3.43. The number of ether oxygens (including phenoxy) is 3. The molecule has 2 aromatic rings. The van der Waals surface area contributed by atoms with Gasteiger partial charge in [0.25, 0.3) is 5.56 Å². The summed E-state index contributed by atoms with van der Waals surface area (Å²) in [5.41, 5.74) is -1.56. The minimum absolute atomic E-state index is 0.110. The van der Waals surface area contributed by atoms with Crippen LogP contribution in [-0.4, -0.2) is 56.4 Å². The van der Waals surface area contributed by atoms with Crippen LogP contribution in [-0.2, 0) is 21.0 Å². The minimum Gasteiger partial charge on any atom is -0.508 e. The predicted molar refractivity (Wildman–Crippen MR) is 125 cm³/mol. The van der Waals surface area contributed by atoms with E-state index in [2.05, 4.69) is 4.98 Å². The molecule has 1 atom stereocenters. The summed E-state index contributed by atoms with van der Waals surface area (Å²) in [5.74, 6) is -0.424. The molecular formula is C24H33N3O7. The van der Waals surface area contributed by atoms with E-state index in [1.54, 1.807) is 25.7 Å². The Bertz CT molecular complexity index is 1130. The van der Waals surface area contributed by atoms with E-state index in [1.807, 2.05) is 20.8 Å². The van der Waals surface area contributed by atoms with Gasteiger partial charge in [-0.15, -0.1) is 0 Å². The number of hydrogen-bond donors (Lipinski definition) is 1. The number of hydrogen-bond acceptors (Lipinski definition) is 8. The molecule has 1 aromatic carbocycles. The molecule has 1 saturated heterocycles. The van der Waals surface area contributed by atoms with Gasteiger partial charge in [-0.05, 0) is 54.4 Å². The maximum atomic E-state index is 13.1. The number of fused-ring (bicyclic) bond motifs is 1. The topological polar surface area (TPSA) is 120 Å². The Balaban J connectivity index is 1.82. The number of likely N-dealkylation sites (tertiary alicyclic amines) is 1. The van der Waals surface area contributed by atoms with Crippen LogP contribution in [0.15, 0.2) is 23.3 Å². The van der Waals surface area contributed by atoms with Gasteiger partial charge in [0.05, 0.1) is 17.0 Å². The van der Waals surface area contributed by atoms with Crippen molar-refractivity contribution in [1.82, 2.24) is 14.5 Å². The molecule has 1 aliphatic heterocycles. The highest BCUT2D eigenvalue weighted by Gasteiger charge is 2.33. The van der Waals surface area contributed by atoms with E-state index in [4.69, 9.17) is 14.2 Å². The minimum atomic E-state index is -0.713. The summed E-state index contributed by atoms with van der Waals surface area (Å²) in [7, 11) is 0. The van der Waals surface area contributed by atoms with Gasteiger partial charge in [0.2, 0.25) is 0 Å². The zero-order chi connectivity index (χ0) is 25.3. The number of nitrogens with zero attached hydrogens (tertiary/aromatic N) is 3. The highest BCUT2D eigenvalue weighted by molar-refractivity contribution is 5.85. The van der Waals surface area contributed by atoms with Crippen LogP contribution in [0, 0.1) is 5.41 Å². The third-order valence-electron chi connectivity index (χ3n) is 5.26. The molecule has 0 saturated carbocycles. The summed E-state index contributed by atoms with van der Waals surface area (Å²) in [6.07, 6.45) is 2.37. The maximum Gasteiger partial charge on any atom is 0.410 e. The van der Waals surface area contributed by atoms with Crippen LogP contribution in [0.5, 0.6) is 11.5 Å². The second kappa shape index (κ2) is 9.52. The van der Waals surface area contributed by atoms with E-state index in [9.17, 15) is 19.5 Å². The molecule has 0 aliphatic carbocycles. The van der Waals surface area contributed by atoms with Gasteiger partial charge in [-0.2, -0.15) is 0 Å². The van der Waals surface area contributed by atoms with Crippen molar-refractivity contribution < 1.29 is 28.9 Å². The van der Waals surface area contributed by atoms with Crippen LogP contribution >= 0.6 is 0 Å². The lowest BCUT2D eigenvalue weighted by atomic mass is 9.98. The number of benzene rings is 1. The van der Waals surface area contributed by atoms with Crippen molar-refractivity contribution in [2.24, 2.45) is 5.41 Å². The van der Waals surface area contributed by atoms with Crippen LogP contribution < -0.4 is 10.3 Å². The second-order valence-electron chi connectivity index (χ2n) is 10.4. The number of carbonyl (C=O) groups excluding carboxylic acids is 2. The fourth-order valence-corrected chi connectivity index (χ4v) is 3.54. The molecule has 1 aromatic heterocycles. The monoisotopic (exact) mass is 475 g/mol. The lowest BCUT2D eigenvalue weighted by Gasteiger charge is -2.28. The average Bonchev–Trinajstić information content (AvgIpc) is 3.18. The van der Waals surface area contributed by atoms with Gasteiger partial charge in [0.1, 0.15) is 35.4 Å². The molecule has 2 heterocycles. The van der Waals surface area contributed by atoms with Gasteiger partial charge in [0.15, 0.2) is 6.73 Å². The smallest absolute Gasteiger partial charge is 0.410 e. The van der Waals surface area contributed by atoms with Gasteiger partial charge in [-0.1, -0.05) is 0 Å². The van der Waals surface area contributed by atoms with Crippen molar-refractivity contribution in [3.05, 3.63) is 28.8 Å². The Morgan fingerprint density at radius 3 is 2.53 bits per heavy atom. The molecule has 0 bridgehead atoms. The summed E-state index contributed by atoms with van der Waals surface area (Å²) in [6.45, 7) is 10.9. The Hall–Kier alpha value is -3.30. The third-order valence-corrected chi connectivity index (χ3v) is 5.26. The molecule has 186 valence electrons. The van der Waals surface area contributed by atoms with E-state index in [-0.39, 0.29) is 41.8 Å². The quantitative estimate of drug-likeness (QED) is 0.653. The molecule has 10 nitrogen and oxygen atoms in total. The van der Waals surface area contributed by atoms with Gasteiger partial charge >= 0.3 is 12.1 Å². The van der Waals surface area contributed by atoms with Crippen molar-refractivity contribution in [1.29, 1.82) is 0 Å². The van der Waals surface area contributed by atoms with Crippen LogP contribution in [0.3, 0.4) is 0 Å². The fourth-order valence-electron chi connectivity index (χ4n) is 3.54. The zero-order valence-corrected chi connectivity index (χ0v) is 20.6. The molecule has 34 heavy (non-hydrogen) atoms. The Labute approximate surface area is 198 Å². The summed E-state index contributed by atoms with van der Waals surface area (Å²) in [4.78, 5) is 43.6. The van der Waals surface area contributed by atoms with Crippen molar-refractivity contribution >= 4 is 23.0 Å². The average molecular weight is 476 g/mol. The molecule has 0 radical (unpaired) electrons. The Morgan fingerprint density at radius 1 is 1.18 bits per heavy atom. The number of phenols is 1. The Morgan fingerprint density at radius 2 is 1.88 bits per heavy atom. The number of carbonyl (C=O) groups is 2. The van der Waals surface area contributed by atoms with Crippen LogP contribution in [0.4, 0.5) is 4.79 Å². The van der Waals surface area contributed by atoms with Crippen molar-refractivity contribution in [3.63, 3.8) is 0 Å². The molecule has 1 fully saturated rings. The highest BCUT2D eigenvalue weighted by Crippen LogP contribution is 2.29. The number of phenolic OH excluding ortho intramolecular Hbond substituents is 1. The normalized spacial score (nSPS) is 16.5. The first kappa shape index (κ1) is 25.3. The fraction of sp³-hybridized carbons (Fsp3) is 0.583. The molecule has 10 heteroatoms. The van der Waals surface area contributed by atoms with E-state index < -0.39 is 28.6 Å². The molecule has 0 unspecified atom stereocenters. The van der Waals surface area contributed by atoms with Crippen LogP contribution in [0.1, 0.15) is 54.4 Å². The molecule has 1 aliphatic rings. The molecule has 0 spiro atoms. The first-order chi connectivity index (χ1) is 15.8. The summed E-state index contributed by atoms with van der Waals surface area (Å²) in [5, 5.41) is 10.3. The summed E-state index contributed by atoms with van der Waals surface area (Å²) in [6, 6.07) is 2.46. The van der Waals surface area contributed by atoms with E-state index in [0.29, 0.717) is 6.54 Å². The van der Waals surface area contributed by atoms with Gasteiger partial charge < -0.3 is 24.2 Å². The van der Waals surface area contributed by atoms with Gasteiger partial charge in [-0.3, -0.25) is 14.2 Å². The largest absolute Gasteiger partial charge is 0.508 e. The summed E-state index contributed by atoms with van der Waals surface area (Å²) >= 11 is 0. The Kier molecular flexibility index (Phi) is 7.09. The van der Waals surface area contributed by atoms with Gasteiger partial charge in [-0.25, -0.2) is 9.78 Å². The van der Waals surface area contributed by atoms with E-state index in [1.165, 1.54) is 23.0 Å². The van der Waals surface area contributed by atoms with Crippen molar-refractivity contribution in [2.45, 2.75) is 72.8 Å². The first-order valence-electron chi connectivity index (χ1n) is 11.3. The first-order valence-corrected chi connectivity index (χ1v) is 11.3. The number of rotatable bonds is 5. The van der Waals surface area contributed by atoms with E-state index >= 15 is 0 Å². The standard InChI is InChI=1S/C24H33N3O7/c1-23(2,3)21(30)33-14-26-13-25-17-10-16(28)11-18(19(17)20(26)29)32-12-15-8-7-9-27(15)22(31)34-24(4,5)6/h10-11,13,15,28H,7-9,12,14H2,1-6H3/t15-/m1/s1. The molecule has 1 amide bonds. The van der Waals surface area contributed by atoms with Crippen molar-refractivity contribution in [2.75, 3.05) is 13.2 Å². The summed E-state index contributed by atoms with van der Waals surface area (Å²) < 4.78 is 17.8. The lowest BCUT2D eigenvalue weighted by Crippen LogP contribution is -2.42. The number of amides is 1. The van der Waals surface area contributed by atoms with Crippen LogP contribution in [0.2, 0.25) is 0 Å². The lowest BCUT2D eigenvalue weighted by molar-refractivity contribution is -0.157. The zero-order valence-electron chi connectivity index (χ0n) is 20.6. The van der Waals surface area contributed by atoms with Crippen LogP contribution in [0.25, 0.3) is 10.9 Å². The second-order valence-corrected chi connectivity index (χ2v) is 10.4. The van der Waals surface area contributed by atoms with Crippen molar-refractivity contribution in [3.8, 4) is 11.5 Å². The molecule has 3 rings (SSSR count). The third kappa shape index (κ3) is 5.98. The molecule has 1 N–H and O–H groups in total. The number of aromatic hydroxyl groups is 1. The number of aromatic nitrogens is 2. The number of esters is 1. The SMILES string of the molecule is CC(C)(C)OC(=O)N1CCC[C@@H]1COc1cc(O)cc2ncn(COC(=O)C(C)(C)C)c(=O)c12. The van der Waals surface area contributed by atoms with E-state index in [0.717, 1.165) is 12.8 Å². The molecular weight excluding hydrogens is 442 g/mol. The van der Waals surface area contributed by atoms with Gasteiger partial charge in [0, 0.05) is 18.7 Å².